The second-order valence-corrected chi connectivity index (χ2v) is 4.96. The average molecular weight is 321 g/mol. The molecule has 0 unspecified atom stereocenters. The standard InChI is InChI=1S/C17H23NO5/c1-4-22-17(19)16-12-13-11-14(23-10-9-21-3)5-6-15(13)18(16)7-8-20-2/h5-6,11-12H,4,7-10H2,1-3H3. The zero-order valence-corrected chi connectivity index (χ0v) is 13.8. The Labute approximate surface area is 135 Å². The first kappa shape index (κ1) is 17.3. The number of esters is 1. The maximum absolute atomic E-state index is 12.2. The molecule has 0 spiro atoms. The van der Waals surface area contributed by atoms with Crippen molar-refractivity contribution in [3.05, 3.63) is 30.0 Å². The molecule has 6 heteroatoms. The van der Waals surface area contributed by atoms with Crippen LogP contribution in [0.4, 0.5) is 0 Å². The topological polar surface area (TPSA) is 58.9 Å². The van der Waals surface area contributed by atoms with Crippen LogP contribution in [0.3, 0.4) is 0 Å². The molecule has 0 radical (unpaired) electrons. The summed E-state index contributed by atoms with van der Waals surface area (Å²) in [5.74, 6) is 0.413. The van der Waals surface area contributed by atoms with Gasteiger partial charge >= 0.3 is 5.97 Å². The molecule has 0 aliphatic heterocycles. The molecule has 0 aliphatic carbocycles. The molecule has 126 valence electrons. The van der Waals surface area contributed by atoms with Crippen LogP contribution in [0.2, 0.25) is 0 Å². The van der Waals surface area contributed by atoms with Gasteiger partial charge in [-0.15, -0.1) is 0 Å². The molecule has 1 heterocycles. The van der Waals surface area contributed by atoms with Crippen molar-refractivity contribution in [2.45, 2.75) is 13.5 Å². The lowest BCUT2D eigenvalue weighted by molar-refractivity contribution is 0.0512. The summed E-state index contributed by atoms with van der Waals surface area (Å²) in [6.45, 7) is 4.25. The first-order chi connectivity index (χ1) is 11.2. The highest BCUT2D eigenvalue weighted by Gasteiger charge is 2.17. The molecule has 0 saturated carbocycles. The van der Waals surface area contributed by atoms with Crippen LogP contribution in [-0.4, -0.2) is 51.2 Å². The van der Waals surface area contributed by atoms with Gasteiger partial charge in [-0.3, -0.25) is 0 Å². The van der Waals surface area contributed by atoms with E-state index in [0.29, 0.717) is 38.7 Å². The maximum Gasteiger partial charge on any atom is 0.354 e. The summed E-state index contributed by atoms with van der Waals surface area (Å²) in [5.41, 5.74) is 1.47. The molecule has 23 heavy (non-hydrogen) atoms. The van der Waals surface area contributed by atoms with E-state index < -0.39 is 0 Å². The third kappa shape index (κ3) is 4.24. The number of hydrogen-bond acceptors (Lipinski definition) is 5. The zero-order chi connectivity index (χ0) is 16.7. The fourth-order valence-electron chi connectivity index (χ4n) is 2.38. The van der Waals surface area contributed by atoms with E-state index in [9.17, 15) is 4.79 Å². The van der Waals surface area contributed by atoms with Gasteiger partial charge < -0.3 is 23.5 Å². The summed E-state index contributed by atoms with van der Waals surface area (Å²) in [5, 5.41) is 0.930. The van der Waals surface area contributed by atoms with Crippen molar-refractivity contribution in [3.8, 4) is 5.75 Å². The van der Waals surface area contributed by atoms with Gasteiger partial charge in [0.1, 0.15) is 18.1 Å². The highest BCUT2D eigenvalue weighted by molar-refractivity contribution is 5.96. The molecular weight excluding hydrogens is 298 g/mol. The normalized spacial score (nSPS) is 10.9. The third-order valence-corrected chi connectivity index (χ3v) is 3.43. The Balaban J connectivity index is 2.33. The second-order valence-electron chi connectivity index (χ2n) is 4.96. The monoisotopic (exact) mass is 321 g/mol. The van der Waals surface area contributed by atoms with E-state index in [1.54, 1.807) is 21.1 Å². The van der Waals surface area contributed by atoms with E-state index in [2.05, 4.69) is 0 Å². The smallest absolute Gasteiger partial charge is 0.354 e. The summed E-state index contributed by atoms with van der Waals surface area (Å²) < 4.78 is 22.8. The second kappa shape index (κ2) is 8.55. The van der Waals surface area contributed by atoms with Gasteiger partial charge in [-0.05, 0) is 31.2 Å². The van der Waals surface area contributed by atoms with Crippen LogP contribution < -0.4 is 4.74 Å². The van der Waals surface area contributed by atoms with E-state index in [1.165, 1.54) is 0 Å². The Hall–Kier alpha value is -2.05. The van der Waals surface area contributed by atoms with Crippen LogP contribution in [0.15, 0.2) is 24.3 Å². The van der Waals surface area contributed by atoms with E-state index in [0.717, 1.165) is 16.7 Å². The number of nitrogens with zero attached hydrogens (tertiary/aromatic N) is 1. The fraction of sp³-hybridized carbons (Fsp3) is 0.471. The Bertz CT molecular complexity index is 650. The first-order valence-electron chi connectivity index (χ1n) is 7.62. The van der Waals surface area contributed by atoms with Gasteiger partial charge in [-0.2, -0.15) is 0 Å². The number of hydrogen-bond donors (Lipinski definition) is 0. The Morgan fingerprint density at radius 2 is 1.87 bits per heavy atom. The van der Waals surface area contributed by atoms with E-state index in [-0.39, 0.29) is 5.97 Å². The van der Waals surface area contributed by atoms with Gasteiger partial charge in [0.05, 0.1) is 19.8 Å². The van der Waals surface area contributed by atoms with Gasteiger partial charge in [0.15, 0.2) is 0 Å². The van der Waals surface area contributed by atoms with Gasteiger partial charge in [0.25, 0.3) is 0 Å². The minimum Gasteiger partial charge on any atom is -0.491 e. The van der Waals surface area contributed by atoms with Crippen LogP contribution in [0, 0.1) is 0 Å². The molecule has 0 saturated heterocycles. The Morgan fingerprint density at radius 3 is 2.57 bits per heavy atom. The highest BCUT2D eigenvalue weighted by atomic mass is 16.5. The van der Waals surface area contributed by atoms with Crippen LogP contribution in [0.25, 0.3) is 10.9 Å². The molecule has 2 aromatic rings. The van der Waals surface area contributed by atoms with Gasteiger partial charge in [0, 0.05) is 31.7 Å². The van der Waals surface area contributed by atoms with E-state index >= 15 is 0 Å². The van der Waals surface area contributed by atoms with Gasteiger partial charge in [-0.1, -0.05) is 0 Å². The summed E-state index contributed by atoms with van der Waals surface area (Å²) in [6, 6.07) is 7.56. The van der Waals surface area contributed by atoms with Gasteiger partial charge in [-0.25, -0.2) is 4.79 Å². The highest BCUT2D eigenvalue weighted by Crippen LogP contribution is 2.25. The summed E-state index contributed by atoms with van der Waals surface area (Å²) >= 11 is 0. The average Bonchev–Trinajstić information content (AvgIpc) is 2.91. The van der Waals surface area contributed by atoms with E-state index in [1.807, 2.05) is 28.8 Å². The SMILES string of the molecule is CCOC(=O)c1cc2cc(OCCOC)ccc2n1CCOC. The Morgan fingerprint density at radius 1 is 1.09 bits per heavy atom. The van der Waals surface area contributed by atoms with Crippen molar-refractivity contribution < 1.29 is 23.7 Å². The van der Waals surface area contributed by atoms with Gasteiger partial charge in [0.2, 0.25) is 0 Å². The van der Waals surface area contributed by atoms with Crippen LogP contribution in [0.1, 0.15) is 17.4 Å². The number of benzene rings is 1. The number of methoxy groups -OCH3 is 2. The Kier molecular flexibility index (Phi) is 6.43. The molecule has 6 nitrogen and oxygen atoms in total. The van der Waals surface area contributed by atoms with E-state index in [4.69, 9.17) is 18.9 Å². The van der Waals surface area contributed by atoms with Crippen molar-refractivity contribution in [1.29, 1.82) is 0 Å². The molecule has 0 bridgehead atoms. The first-order valence-corrected chi connectivity index (χ1v) is 7.62. The minimum atomic E-state index is -0.332. The van der Waals surface area contributed by atoms with Crippen molar-refractivity contribution in [3.63, 3.8) is 0 Å². The van der Waals surface area contributed by atoms with Crippen molar-refractivity contribution in [2.24, 2.45) is 0 Å². The maximum atomic E-state index is 12.2. The minimum absolute atomic E-state index is 0.332. The molecule has 0 aliphatic rings. The number of aromatic nitrogens is 1. The van der Waals surface area contributed by atoms with Crippen molar-refractivity contribution >= 4 is 16.9 Å². The summed E-state index contributed by atoms with van der Waals surface area (Å²) in [7, 11) is 3.27. The molecule has 1 aromatic heterocycles. The molecular formula is C17H23NO5. The third-order valence-electron chi connectivity index (χ3n) is 3.43. The van der Waals surface area contributed by atoms with Crippen LogP contribution in [0.5, 0.6) is 5.75 Å². The zero-order valence-electron chi connectivity index (χ0n) is 13.8. The molecule has 2 rings (SSSR count). The number of fused-ring (bicyclic) bond motifs is 1. The molecule has 0 atom stereocenters. The predicted molar refractivity (Wildman–Crippen MR) is 87.1 cm³/mol. The molecule has 0 fully saturated rings. The lowest BCUT2D eigenvalue weighted by Gasteiger charge is -2.10. The largest absolute Gasteiger partial charge is 0.491 e. The quantitative estimate of drug-likeness (QED) is 0.524. The van der Waals surface area contributed by atoms with Crippen molar-refractivity contribution in [2.75, 3.05) is 40.6 Å². The number of rotatable bonds is 9. The molecule has 0 amide bonds. The lowest BCUT2D eigenvalue weighted by atomic mass is 10.2. The fourth-order valence-corrected chi connectivity index (χ4v) is 2.38. The molecule has 1 aromatic carbocycles. The van der Waals surface area contributed by atoms with Crippen LogP contribution in [-0.2, 0) is 20.8 Å². The number of carbonyl (C=O) groups is 1. The van der Waals surface area contributed by atoms with Crippen molar-refractivity contribution in [1.82, 2.24) is 4.57 Å². The number of carbonyl (C=O) groups excluding carboxylic acids is 1. The number of ether oxygens (including phenoxy) is 4. The summed E-state index contributed by atoms with van der Waals surface area (Å²) in [6.07, 6.45) is 0. The molecule has 0 N–H and O–H groups in total. The predicted octanol–water partition coefficient (Wildman–Crippen LogP) is 2.49. The summed E-state index contributed by atoms with van der Waals surface area (Å²) in [4.78, 5) is 12.2. The lowest BCUT2D eigenvalue weighted by Crippen LogP contribution is -2.14. The van der Waals surface area contributed by atoms with Crippen LogP contribution >= 0.6 is 0 Å².